The van der Waals surface area contributed by atoms with Crippen molar-refractivity contribution < 1.29 is 9.90 Å². The molecule has 0 saturated heterocycles. The maximum Gasteiger partial charge on any atom is 0.233 e. The van der Waals surface area contributed by atoms with E-state index in [1.807, 2.05) is 37.3 Å². The van der Waals surface area contributed by atoms with Gasteiger partial charge in [0.2, 0.25) is 5.91 Å². The maximum absolute atomic E-state index is 11.3. The monoisotopic (exact) mass is 236 g/mol. The van der Waals surface area contributed by atoms with E-state index in [0.29, 0.717) is 13.1 Å². The Balaban J connectivity index is 2.20. The lowest BCUT2D eigenvalue weighted by Crippen LogP contribution is -2.35. The van der Waals surface area contributed by atoms with E-state index in [1.165, 1.54) is 0 Å². The zero-order valence-corrected chi connectivity index (χ0v) is 10.1. The molecule has 1 atom stereocenters. The van der Waals surface area contributed by atoms with Crippen LogP contribution in [0.1, 0.15) is 25.0 Å². The molecule has 4 heteroatoms. The van der Waals surface area contributed by atoms with Crippen LogP contribution in [0, 0.1) is 0 Å². The Morgan fingerprint density at radius 2 is 2.06 bits per heavy atom. The molecule has 0 bridgehead atoms. The predicted octanol–water partition coefficient (Wildman–Crippen LogP) is 0.836. The molecule has 0 aliphatic carbocycles. The maximum atomic E-state index is 11.3. The van der Waals surface area contributed by atoms with Crippen molar-refractivity contribution in [2.75, 3.05) is 19.6 Å². The second-order valence-corrected chi connectivity index (χ2v) is 3.91. The van der Waals surface area contributed by atoms with Crippen LogP contribution in [0.15, 0.2) is 30.3 Å². The summed E-state index contributed by atoms with van der Waals surface area (Å²) >= 11 is 0. The molecule has 0 aromatic heterocycles. The SMILES string of the molecule is CCCNC(=O)CNCC(O)c1ccccc1. The van der Waals surface area contributed by atoms with Crippen LogP contribution in [-0.4, -0.2) is 30.6 Å². The third-order valence-corrected chi connectivity index (χ3v) is 2.38. The molecule has 1 rings (SSSR count). The number of nitrogens with one attached hydrogen (secondary N) is 2. The molecule has 0 aliphatic rings. The van der Waals surface area contributed by atoms with Gasteiger partial charge in [-0.25, -0.2) is 0 Å². The van der Waals surface area contributed by atoms with Crippen molar-refractivity contribution in [1.29, 1.82) is 0 Å². The molecule has 0 fully saturated rings. The number of carbonyl (C=O) groups is 1. The minimum Gasteiger partial charge on any atom is -0.387 e. The molecule has 3 N–H and O–H groups in total. The zero-order chi connectivity index (χ0) is 12.5. The van der Waals surface area contributed by atoms with Gasteiger partial charge in [0.05, 0.1) is 12.6 Å². The Morgan fingerprint density at radius 1 is 1.35 bits per heavy atom. The van der Waals surface area contributed by atoms with Crippen LogP contribution < -0.4 is 10.6 Å². The van der Waals surface area contributed by atoms with Crippen LogP contribution >= 0.6 is 0 Å². The Kier molecular flexibility index (Phi) is 6.29. The highest BCUT2D eigenvalue weighted by molar-refractivity contribution is 5.77. The van der Waals surface area contributed by atoms with Crippen LogP contribution in [0.5, 0.6) is 0 Å². The summed E-state index contributed by atoms with van der Waals surface area (Å²) in [5, 5.41) is 15.5. The fraction of sp³-hybridized carbons (Fsp3) is 0.462. The van der Waals surface area contributed by atoms with Gasteiger partial charge in [0.25, 0.3) is 0 Å². The van der Waals surface area contributed by atoms with Gasteiger partial charge in [0.1, 0.15) is 0 Å². The highest BCUT2D eigenvalue weighted by Crippen LogP contribution is 2.09. The predicted molar refractivity (Wildman–Crippen MR) is 67.6 cm³/mol. The molecular formula is C13H20N2O2. The topological polar surface area (TPSA) is 61.4 Å². The van der Waals surface area contributed by atoms with Crippen molar-refractivity contribution in [1.82, 2.24) is 10.6 Å². The lowest BCUT2D eigenvalue weighted by Gasteiger charge is -2.11. The minimum atomic E-state index is -0.574. The van der Waals surface area contributed by atoms with Crippen LogP contribution in [-0.2, 0) is 4.79 Å². The van der Waals surface area contributed by atoms with Gasteiger partial charge in [-0.05, 0) is 12.0 Å². The summed E-state index contributed by atoms with van der Waals surface area (Å²) in [5.74, 6) is -0.0351. The Morgan fingerprint density at radius 3 is 2.71 bits per heavy atom. The molecule has 0 aliphatic heterocycles. The van der Waals surface area contributed by atoms with Gasteiger partial charge in [-0.2, -0.15) is 0 Å². The van der Waals surface area contributed by atoms with Crippen LogP contribution in [0.4, 0.5) is 0 Å². The summed E-state index contributed by atoms with van der Waals surface area (Å²) in [6, 6.07) is 9.40. The van der Waals surface area contributed by atoms with Gasteiger partial charge in [-0.15, -0.1) is 0 Å². The van der Waals surface area contributed by atoms with Crippen molar-refractivity contribution in [3.8, 4) is 0 Å². The molecule has 1 aromatic carbocycles. The van der Waals surface area contributed by atoms with Crippen molar-refractivity contribution in [2.24, 2.45) is 0 Å². The first-order valence-corrected chi connectivity index (χ1v) is 5.94. The first-order chi connectivity index (χ1) is 8.24. The molecule has 0 radical (unpaired) electrons. The minimum absolute atomic E-state index is 0.0351. The average molecular weight is 236 g/mol. The normalized spacial score (nSPS) is 12.1. The van der Waals surface area contributed by atoms with E-state index in [0.717, 1.165) is 12.0 Å². The van der Waals surface area contributed by atoms with E-state index in [4.69, 9.17) is 0 Å². The van der Waals surface area contributed by atoms with Gasteiger partial charge >= 0.3 is 0 Å². The van der Waals surface area contributed by atoms with E-state index in [-0.39, 0.29) is 12.5 Å². The first kappa shape index (κ1) is 13.7. The van der Waals surface area contributed by atoms with Crippen LogP contribution in [0.2, 0.25) is 0 Å². The van der Waals surface area contributed by atoms with Gasteiger partial charge < -0.3 is 15.7 Å². The third kappa shape index (κ3) is 5.47. The van der Waals surface area contributed by atoms with Crippen molar-refractivity contribution in [3.05, 3.63) is 35.9 Å². The second kappa shape index (κ2) is 7.81. The quantitative estimate of drug-likeness (QED) is 0.657. The van der Waals surface area contributed by atoms with E-state index in [2.05, 4.69) is 10.6 Å². The molecule has 94 valence electrons. The van der Waals surface area contributed by atoms with Gasteiger partial charge in [-0.1, -0.05) is 37.3 Å². The number of hydrogen-bond donors (Lipinski definition) is 3. The first-order valence-electron chi connectivity index (χ1n) is 5.94. The molecular weight excluding hydrogens is 216 g/mol. The molecule has 4 nitrogen and oxygen atoms in total. The zero-order valence-electron chi connectivity index (χ0n) is 10.1. The third-order valence-electron chi connectivity index (χ3n) is 2.38. The number of benzene rings is 1. The number of hydrogen-bond acceptors (Lipinski definition) is 3. The van der Waals surface area contributed by atoms with E-state index in [1.54, 1.807) is 0 Å². The van der Waals surface area contributed by atoms with Gasteiger partial charge in [0, 0.05) is 13.1 Å². The molecule has 1 unspecified atom stereocenters. The van der Waals surface area contributed by atoms with Gasteiger partial charge in [0.15, 0.2) is 0 Å². The number of amides is 1. The summed E-state index contributed by atoms with van der Waals surface area (Å²) in [6.45, 7) is 3.32. The van der Waals surface area contributed by atoms with Crippen LogP contribution in [0.25, 0.3) is 0 Å². The molecule has 17 heavy (non-hydrogen) atoms. The van der Waals surface area contributed by atoms with Crippen molar-refractivity contribution in [3.63, 3.8) is 0 Å². The largest absolute Gasteiger partial charge is 0.387 e. The van der Waals surface area contributed by atoms with E-state index >= 15 is 0 Å². The molecule has 0 heterocycles. The van der Waals surface area contributed by atoms with Crippen LogP contribution in [0.3, 0.4) is 0 Å². The lowest BCUT2D eigenvalue weighted by atomic mass is 10.1. The number of aliphatic hydroxyl groups excluding tert-OH is 1. The summed E-state index contributed by atoms with van der Waals surface area (Å²) in [6.07, 6.45) is 0.355. The van der Waals surface area contributed by atoms with Crippen molar-refractivity contribution in [2.45, 2.75) is 19.4 Å². The number of aliphatic hydroxyl groups is 1. The standard InChI is InChI=1S/C13H20N2O2/c1-2-8-15-13(17)10-14-9-12(16)11-6-4-3-5-7-11/h3-7,12,14,16H,2,8-10H2,1H3,(H,15,17). The molecule has 1 aromatic rings. The lowest BCUT2D eigenvalue weighted by molar-refractivity contribution is -0.120. The summed E-state index contributed by atoms with van der Waals surface area (Å²) < 4.78 is 0. The summed E-state index contributed by atoms with van der Waals surface area (Å²) in [5.41, 5.74) is 0.856. The Bertz CT molecular complexity index is 327. The fourth-order valence-electron chi connectivity index (χ4n) is 1.44. The van der Waals surface area contributed by atoms with E-state index < -0.39 is 6.10 Å². The molecule has 0 spiro atoms. The fourth-order valence-corrected chi connectivity index (χ4v) is 1.44. The van der Waals surface area contributed by atoms with Crippen molar-refractivity contribution >= 4 is 5.91 Å². The summed E-state index contributed by atoms with van der Waals surface area (Å²) in [4.78, 5) is 11.3. The summed E-state index contributed by atoms with van der Waals surface area (Å²) in [7, 11) is 0. The van der Waals surface area contributed by atoms with E-state index in [9.17, 15) is 9.90 Å². The Labute approximate surface area is 102 Å². The number of rotatable bonds is 7. The van der Waals surface area contributed by atoms with Gasteiger partial charge in [-0.3, -0.25) is 4.79 Å². The second-order valence-electron chi connectivity index (χ2n) is 3.91. The average Bonchev–Trinajstić information content (AvgIpc) is 2.37. The Hall–Kier alpha value is -1.39. The number of carbonyl (C=O) groups excluding carboxylic acids is 1. The smallest absolute Gasteiger partial charge is 0.233 e. The highest BCUT2D eigenvalue weighted by Gasteiger charge is 2.07. The highest BCUT2D eigenvalue weighted by atomic mass is 16.3. The molecule has 1 amide bonds. The molecule has 0 saturated carbocycles.